The Balaban J connectivity index is 1.96. The number of aromatic amines is 1. The Hall–Kier alpha value is -3.06. The number of rotatable bonds is 4. The molecule has 3 heterocycles. The minimum Gasteiger partial charge on any atom is -0.369 e. The van der Waals surface area contributed by atoms with Crippen LogP contribution in [0, 0.1) is 13.8 Å². The highest BCUT2D eigenvalue weighted by molar-refractivity contribution is 7.11. The first kappa shape index (κ1) is 16.4. The zero-order valence-electron chi connectivity index (χ0n) is 14.4. The lowest BCUT2D eigenvalue weighted by molar-refractivity contribution is -0.118. The number of hydrogen-bond acceptors (Lipinski definition) is 5. The Morgan fingerprint density at radius 1 is 1.23 bits per heavy atom. The number of carbonyl (C=O) groups excluding carboxylic acids is 1. The third kappa shape index (κ3) is 2.66. The molecule has 0 aliphatic heterocycles. The average molecular weight is 363 g/mol. The van der Waals surface area contributed by atoms with Gasteiger partial charge in [-0.25, -0.2) is 4.98 Å². The Kier molecular flexibility index (Phi) is 4.00. The topological polar surface area (TPSA) is 97.6 Å². The van der Waals surface area contributed by atoms with Crippen LogP contribution in [0.1, 0.15) is 27.7 Å². The van der Waals surface area contributed by atoms with Gasteiger partial charge in [-0.1, -0.05) is 18.2 Å². The summed E-state index contributed by atoms with van der Waals surface area (Å²) in [5, 5.41) is 10.1. The van der Waals surface area contributed by atoms with Crippen molar-refractivity contribution in [3.05, 3.63) is 63.7 Å². The first-order valence-corrected chi connectivity index (χ1v) is 9.04. The van der Waals surface area contributed by atoms with E-state index in [4.69, 9.17) is 5.73 Å². The molecule has 26 heavy (non-hydrogen) atoms. The Bertz CT molecular complexity index is 1110. The normalized spacial score (nSPS) is 12.4. The van der Waals surface area contributed by atoms with Crippen molar-refractivity contribution in [3.8, 4) is 11.4 Å². The van der Waals surface area contributed by atoms with Gasteiger partial charge in [0.25, 0.3) is 0 Å². The Morgan fingerprint density at radius 3 is 2.81 bits per heavy atom. The van der Waals surface area contributed by atoms with E-state index in [1.165, 1.54) is 11.3 Å². The summed E-state index contributed by atoms with van der Waals surface area (Å²) in [5.41, 5.74) is 9.42. The summed E-state index contributed by atoms with van der Waals surface area (Å²) in [6.45, 7) is 3.84. The largest absolute Gasteiger partial charge is 0.369 e. The van der Waals surface area contributed by atoms with Crippen LogP contribution >= 0.6 is 11.3 Å². The van der Waals surface area contributed by atoms with Gasteiger partial charge < -0.3 is 5.73 Å². The molecule has 0 spiro atoms. The van der Waals surface area contributed by atoms with Gasteiger partial charge in [0, 0.05) is 22.0 Å². The number of aromatic nitrogens is 4. The number of H-pyrrole nitrogens is 1. The fourth-order valence-corrected chi connectivity index (χ4v) is 4.39. The molecule has 130 valence electrons. The first-order chi connectivity index (χ1) is 12.6. The van der Waals surface area contributed by atoms with Crippen molar-refractivity contribution in [3.63, 3.8) is 0 Å². The fraction of sp³-hybridized carbons (Fsp3) is 0.158. The summed E-state index contributed by atoms with van der Waals surface area (Å²) in [4.78, 5) is 22.2. The standard InChI is InChI=1S/C19H17N5OS/c1-10-9-26-17(15(10)19-22-11(2)23-24-19)16(18(20)25)13-5-3-7-14-12(13)6-4-8-21-14/h3-9,16H,1-2H3,(H2,20,25)(H,22,23,24). The molecule has 1 atom stereocenters. The molecule has 4 rings (SSSR count). The zero-order valence-corrected chi connectivity index (χ0v) is 15.2. The third-order valence-corrected chi connectivity index (χ3v) is 5.53. The first-order valence-electron chi connectivity index (χ1n) is 8.16. The van der Waals surface area contributed by atoms with Crippen LogP contribution in [-0.2, 0) is 4.79 Å². The number of nitrogens with zero attached hydrogens (tertiary/aromatic N) is 3. The Morgan fingerprint density at radius 2 is 2.08 bits per heavy atom. The van der Waals surface area contributed by atoms with Gasteiger partial charge in [-0.3, -0.25) is 14.9 Å². The lowest BCUT2D eigenvalue weighted by Crippen LogP contribution is -2.22. The highest BCUT2D eigenvalue weighted by atomic mass is 32.1. The number of hydrogen-bond donors (Lipinski definition) is 2. The van der Waals surface area contributed by atoms with Crippen LogP contribution in [0.15, 0.2) is 41.9 Å². The summed E-state index contributed by atoms with van der Waals surface area (Å²) in [6, 6.07) is 9.59. The van der Waals surface area contributed by atoms with E-state index in [-0.39, 0.29) is 0 Å². The zero-order chi connectivity index (χ0) is 18.3. The van der Waals surface area contributed by atoms with Gasteiger partial charge in [0.15, 0.2) is 5.82 Å². The van der Waals surface area contributed by atoms with Crippen LogP contribution in [0.4, 0.5) is 0 Å². The number of nitrogens with one attached hydrogen (secondary N) is 1. The molecule has 0 saturated carbocycles. The van der Waals surface area contributed by atoms with Gasteiger partial charge >= 0.3 is 0 Å². The molecular weight excluding hydrogens is 346 g/mol. The summed E-state index contributed by atoms with van der Waals surface area (Å²) in [6.07, 6.45) is 1.74. The number of primary amides is 1. The minimum atomic E-state index is -0.588. The summed E-state index contributed by atoms with van der Waals surface area (Å²) in [7, 11) is 0. The molecule has 0 aliphatic carbocycles. The van der Waals surface area contributed by atoms with E-state index in [0.717, 1.165) is 38.3 Å². The maximum absolute atomic E-state index is 12.5. The predicted octanol–water partition coefficient (Wildman–Crippen LogP) is 3.32. The molecule has 1 unspecified atom stereocenters. The molecule has 4 aromatic rings. The van der Waals surface area contributed by atoms with Gasteiger partial charge in [-0.15, -0.1) is 11.3 Å². The molecule has 0 bridgehead atoms. The second-order valence-electron chi connectivity index (χ2n) is 6.16. The molecule has 0 radical (unpaired) electrons. The number of amides is 1. The Labute approximate surface area is 154 Å². The molecule has 0 saturated heterocycles. The third-order valence-electron chi connectivity index (χ3n) is 4.36. The van der Waals surface area contributed by atoms with Gasteiger partial charge in [-0.05, 0) is 42.5 Å². The van der Waals surface area contributed by atoms with Crippen LogP contribution in [-0.4, -0.2) is 26.1 Å². The summed E-state index contributed by atoms with van der Waals surface area (Å²) >= 11 is 1.50. The van der Waals surface area contributed by atoms with Crippen molar-refractivity contribution in [1.29, 1.82) is 0 Å². The number of fused-ring (bicyclic) bond motifs is 1. The highest BCUT2D eigenvalue weighted by Gasteiger charge is 2.29. The minimum absolute atomic E-state index is 0.406. The number of nitrogens with two attached hydrogens (primary N) is 1. The summed E-state index contributed by atoms with van der Waals surface area (Å²) < 4.78 is 0. The number of aryl methyl sites for hydroxylation is 2. The second-order valence-corrected chi connectivity index (χ2v) is 7.07. The highest BCUT2D eigenvalue weighted by Crippen LogP contribution is 2.40. The van der Waals surface area contributed by atoms with Crippen molar-refractivity contribution >= 4 is 28.1 Å². The van der Waals surface area contributed by atoms with Crippen molar-refractivity contribution in [1.82, 2.24) is 20.2 Å². The predicted molar refractivity (Wildman–Crippen MR) is 102 cm³/mol. The van der Waals surface area contributed by atoms with Crippen LogP contribution in [0.5, 0.6) is 0 Å². The van der Waals surface area contributed by atoms with Gasteiger partial charge in [-0.2, -0.15) is 5.10 Å². The maximum atomic E-state index is 12.5. The van der Waals surface area contributed by atoms with Crippen molar-refractivity contribution in [2.75, 3.05) is 0 Å². The van der Waals surface area contributed by atoms with Crippen LogP contribution in [0.2, 0.25) is 0 Å². The lowest BCUT2D eigenvalue weighted by atomic mass is 9.90. The summed E-state index contributed by atoms with van der Waals surface area (Å²) in [5.74, 6) is 0.314. The van der Waals surface area contributed by atoms with E-state index in [0.29, 0.717) is 5.82 Å². The van der Waals surface area contributed by atoms with Crippen LogP contribution < -0.4 is 5.73 Å². The van der Waals surface area contributed by atoms with Crippen molar-refractivity contribution < 1.29 is 4.79 Å². The quantitative estimate of drug-likeness (QED) is 0.581. The molecule has 1 aromatic carbocycles. The van der Waals surface area contributed by atoms with E-state index >= 15 is 0 Å². The van der Waals surface area contributed by atoms with Gasteiger partial charge in [0.2, 0.25) is 5.91 Å². The average Bonchev–Trinajstić information content (AvgIpc) is 3.21. The fourth-order valence-electron chi connectivity index (χ4n) is 3.22. The maximum Gasteiger partial charge on any atom is 0.230 e. The molecule has 3 aromatic heterocycles. The van der Waals surface area contributed by atoms with Crippen molar-refractivity contribution in [2.24, 2.45) is 5.73 Å². The number of pyridine rings is 1. The van der Waals surface area contributed by atoms with Gasteiger partial charge in [0.05, 0.1) is 11.4 Å². The van der Waals surface area contributed by atoms with Crippen molar-refractivity contribution in [2.45, 2.75) is 19.8 Å². The van der Waals surface area contributed by atoms with Crippen LogP contribution in [0.3, 0.4) is 0 Å². The molecule has 3 N–H and O–H groups in total. The van der Waals surface area contributed by atoms with E-state index in [1.54, 1.807) is 6.20 Å². The SMILES string of the molecule is Cc1nc(-c2c(C)csc2C(C(N)=O)c2cccc3ncccc23)n[nH]1. The van der Waals surface area contributed by atoms with E-state index in [2.05, 4.69) is 20.2 Å². The van der Waals surface area contributed by atoms with E-state index in [9.17, 15) is 4.79 Å². The molecule has 7 heteroatoms. The monoisotopic (exact) mass is 363 g/mol. The lowest BCUT2D eigenvalue weighted by Gasteiger charge is -2.16. The van der Waals surface area contributed by atoms with Gasteiger partial charge in [0.1, 0.15) is 5.82 Å². The number of carbonyl (C=O) groups is 1. The molecule has 0 aliphatic rings. The second kappa shape index (κ2) is 6.34. The number of benzene rings is 1. The van der Waals surface area contributed by atoms with Crippen LogP contribution in [0.25, 0.3) is 22.3 Å². The molecule has 0 fully saturated rings. The molecule has 1 amide bonds. The van der Waals surface area contributed by atoms with E-state index < -0.39 is 11.8 Å². The smallest absolute Gasteiger partial charge is 0.230 e. The molecular formula is C19H17N5OS. The number of thiophene rings is 1. The molecule has 6 nitrogen and oxygen atoms in total. The van der Waals surface area contributed by atoms with E-state index in [1.807, 2.05) is 49.6 Å².